The summed E-state index contributed by atoms with van der Waals surface area (Å²) in [7, 11) is 0. The van der Waals surface area contributed by atoms with Crippen molar-refractivity contribution in [2.45, 2.75) is 13.0 Å². The van der Waals surface area contributed by atoms with E-state index in [0.717, 1.165) is 42.9 Å². The van der Waals surface area contributed by atoms with Gasteiger partial charge in [0.1, 0.15) is 25.7 Å². The highest BCUT2D eigenvalue weighted by molar-refractivity contribution is 9.10. The standard InChI is InChI=1S/C19H22BrN3O2/c1-14-2-4-15(5-3-14)18(13-23-6-8-25-9-7-23)22-19(24)16-10-17(20)12-21-11-16/h2-5,10-12,18H,6-9,13H2,1H3,(H,22,24)/p+1/t18-/m1/s1. The topological polar surface area (TPSA) is 55.7 Å². The Morgan fingerprint density at radius 1 is 1.28 bits per heavy atom. The molecule has 2 aromatic rings. The monoisotopic (exact) mass is 404 g/mol. The van der Waals surface area contributed by atoms with Gasteiger partial charge in [-0.05, 0) is 34.5 Å². The van der Waals surface area contributed by atoms with E-state index in [2.05, 4.69) is 57.4 Å². The fourth-order valence-electron chi connectivity index (χ4n) is 2.98. The molecule has 1 aliphatic rings. The number of benzene rings is 1. The molecule has 1 amide bonds. The Morgan fingerprint density at radius 2 is 2.00 bits per heavy atom. The number of morpholine rings is 1. The van der Waals surface area contributed by atoms with Gasteiger partial charge >= 0.3 is 0 Å². The Balaban J connectivity index is 1.77. The predicted molar refractivity (Wildman–Crippen MR) is 99.7 cm³/mol. The average molecular weight is 405 g/mol. The smallest absolute Gasteiger partial charge is 0.253 e. The Bertz CT molecular complexity index is 715. The molecule has 1 aromatic carbocycles. The third-order valence-corrected chi connectivity index (χ3v) is 4.88. The van der Waals surface area contributed by atoms with E-state index in [1.807, 2.05) is 0 Å². The summed E-state index contributed by atoms with van der Waals surface area (Å²) in [4.78, 5) is 18.2. The maximum atomic E-state index is 12.7. The Kier molecular flexibility index (Phi) is 6.18. The molecule has 1 aliphatic heterocycles. The minimum absolute atomic E-state index is 0.0415. The number of amides is 1. The van der Waals surface area contributed by atoms with Crippen LogP contribution in [0.15, 0.2) is 47.2 Å². The molecule has 0 aliphatic carbocycles. The number of quaternary nitrogens is 1. The van der Waals surface area contributed by atoms with Gasteiger partial charge in [-0.2, -0.15) is 0 Å². The van der Waals surface area contributed by atoms with E-state index in [9.17, 15) is 4.79 Å². The first-order chi connectivity index (χ1) is 12.1. The van der Waals surface area contributed by atoms with Gasteiger partial charge in [0.2, 0.25) is 0 Å². The molecular weight excluding hydrogens is 382 g/mol. The summed E-state index contributed by atoms with van der Waals surface area (Å²) >= 11 is 3.37. The number of nitrogens with one attached hydrogen (secondary N) is 2. The lowest BCUT2D eigenvalue weighted by Crippen LogP contribution is -3.14. The van der Waals surface area contributed by atoms with Crippen LogP contribution in [0, 0.1) is 6.92 Å². The highest BCUT2D eigenvalue weighted by Gasteiger charge is 2.23. The Hall–Kier alpha value is -1.76. The molecule has 6 heteroatoms. The van der Waals surface area contributed by atoms with Crippen molar-refractivity contribution in [2.75, 3.05) is 32.8 Å². The third kappa shape index (κ3) is 5.11. The van der Waals surface area contributed by atoms with E-state index in [-0.39, 0.29) is 11.9 Å². The molecular formula is C19H23BrN3O2+. The number of ether oxygens (including phenoxy) is 1. The van der Waals surface area contributed by atoms with Crippen molar-refractivity contribution in [2.24, 2.45) is 0 Å². The predicted octanol–water partition coefficient (Wildman–Crippen LogP) is 1.54. The molecule has 132 valence electrons. The Morgan fingerprint density at radius 3 is 2.68 bits per heavy atom. The second kappa shape index (κ2) is 8.56. The maximum Gasteiger partial charge on any atom is 0.253 e. The molecule has 1 atom stereocenters. The average Bonchev–Trinajstić information content (AvgIpc) is 2.62. The fraction of sp³-hybridized carbons (Fsp3) is 0.368. The molecule has 0 unspecified atom stereocenters. The van der Waals surface area contributed by atoms with E-state index in [4.69, 9.17) is 4.74 Å². The van der Waals surface area contributed by atoms with Gasteiger partial charge in [-0.3, -0.25) is 9.78 Å². The van der Waals surface area contributed by atoms with Crippen LogP contribution >= 0.6 is 15.9 Å². The maximum absolute atomic E-state index is 12.7. The molecule has 2 heterocycles. The normalized spacial score (nSPS) is 16.4. The zero-order valence-corrected chi connectivity index (χ0v) is 15.9. The molecule has 0 saturated carbocycles. The van der Waals surface area contributed by atoms with Crippen LogP contribution in [0.3, 0.4) is 0 Å². The van der Waals surface area contributed by atoms with Crippen LogP contribution in [0.25, 0.3) is 0 Å². The summed E-state index contributed by atoms with van der Waals surface area (Å²) in [5.74, 6) is -0.105. The van der Waals surface area contributed by atoms with Crippen LogP contribution in [0.5, 0.6) is 0 Å². The number of aryl methyl sites for hydroxylation is 1. The van der Waals surface area contributed by atoms with Gasteiger partial charge in [0.25, 0.3) is 5.91 Å². The number of halogens is 1. The van der Waals surface area contributed by atoms with E-state index in [1.165, 1.54) is 10.5 Å². The SMILES string of the molecule is Cc1ccc([C@@H](C[NH+]2CCOCC2)NC(=O)c2cncc(Br)c2)cc1. The number of pyridine rings is 1. The van der Waals surface area contributed by atoms with Gasteiger partial charge in [-0.15, -0.1) is 0 Å². The van der Waals surface area contributed by atoms with Crippen molar-refractivity contribution >= 4 is 21.8 Å². The number of carbonyl (C=O) groups is 1. The minimum atomic E-state index is -0.105. The summed E-state index contributed by atoms with van der Waals surface area (Å²) in [6, 6.07) is 10.1. The first kappa shape index (κ1) is 18.0. The zero-order valence-electron chi connectivity index (χ0n) is 14.3. The lowest BCUT2D eigenvalue weighted by Gasteiger charge is -2.28. The highest BCUT2D eigenvalue weighted by atomic mass is 79.9. The van der Waals surface area contributed by atoms with Gasteiger partial charge in [0, 0.05) is 16.9 Å². The fourth-order valence-corrected chi connectivity index (χ4v) is 3.35. The van der Waals surface area contributed by atoms with Gasteiger partial charge in [-0.25, -0.2) is 0 Å². The third-order valence-electron chi connectivity index (χ3n) is 4.44. The summed E-state index contributed by atoms with van der Waals surface area (Å²) in [5, 5.41) is 3.18. The Labute approximate surface area is 156 Å². The van der Waals surface area contributed by atoms with Crippen molar-refractivity contribution in [3.05, 3.63) is 63.9 Å². The first-order valence-corrected chi connectivity index (χ1v) is 9.30. The summed E-state index contributed by atoms with van der Waals surface area (Å²) in [5.41, 5.74) is 2.90. The number of nitrogens with zero attached hydrogens (tertiary/aromatic N) is 1. The van der Waals surface area contributed by atoms with Gasteiger partial charge in [-0.1, -0.05) is 29.8 Å². The molecule has 25 heavy (non-hydrogen) atoms. The molecule has 1 aromatic heterocycles. The molecule has 0 bridgehead atoms. The molecule has 1 saturated heterocycles. The van der Waals surface area contributed by atoms with Crippen LogP contribution in [0.4, 0.5) is 0 Å². The molecule has 3 rings (SSSR count). The van der Waals surface area contributed by atoms with Crippen LogP contribution in [-0.4, -0.2) is 43.7 Å². The van der Waals surface area contributed by atoms with Crippen LogP contribution in [0.1, 0.15) is 27.5 Å². The van der Waals surface area contributed by atoms with Crippen molar-refractivity contribution in [3.8, 4) is 0 Å². The summed E-state index contributed by atoms with van der Waals surface area (Å²) < 4.78 is 6.24. The summed E-state index contributed by atoms with van der Waals surface area (Å²) in [6.07, 6.45) is 3.26. The lowest BCUT2D eigenvalue weighted by atomic mass is 10.0. The van der Waals surface area contributed by atoms with Gasteiger partial charge < -0.3 is 15.0 Å². The first-order valence-electron chi connectivity index (χ1n) is 8.51. The molecule has 2 N–H and O–H groups in total. The molecule has 5 nitrogen and oxygen atoms in total. The molecule has 0 spiro atoms. The van der Waals surface area contributed by atoms with Gasteiger partial charge in [0.15, 0.2) is 0 Å². The number of aromatic nitrogens is 1. The van der Waals surface area contributed by atoms with E-state index in [1.54, 1.807) is 18.5 Å². The quantitative estimate of drug-likeness (QED) is 0.794. The van der Waals surface area contributed by atoms with E-state index < -0.39 is 0 Å². The second-order valence-corrected chi connectivity index (χ2v) is 7.31. The zero-order chi connectivity index (χ0) is 17.6. The number of hydrogen-bond acceptors (Lipinski definition) is 3. The summed E-state index contributed by atoms with van der Waals surface area (Å²) in [6.45, 7) is 6.41. The molecule has 0 radical (unpaired) electrons. The molecule has 1 fully saturated rings. The van der Waals surface area contributed by atoms with Crippen molar-refractivity contribution in [3.63, 3.8) is 0 Å². The van der Waals surface area contributed by atoms with Crippen molar-refractivity contribution in [1.29, 1.82) is 0 Å². The number of hydrogen-bond donors (Lipinski definition) is 2. The largest absolute Gasteiger partial charge is 0.370 e. The highest BCUT2D eigenvalue weighted by Crippen LogP contribution is 2.15. The van der Waals surface area contributed by atoms with Crippen LogP contribution in [0.2, 0.25) is 0 Å². The second-order valence-electron chi connectivity index (χ2n) is 6.40. The van der Waals surface area contributed by atoms with Crippen LogP contribution < -0.4 is 10.2 Å². The van der Waals surface area contributed by atoms with Crippen LogP contribution in [-0.2, 0) is 4.74 Å². The van der Waals surface area contributed by atoms with E-state index in [0.29, 0.717) is 5.56 Å². The minimum Gasteiger partial charge on any atom is -0.370 e. The van der Waals surface area contributed by atoms with Gasteiger partial charge in [0.05, 0.1) is 18.8 Å². The number of rotatable bonds is 5. The lowest BCUT2D eigenvalue weighted by molar-refractivity contribution is -0.909. The van der Waals surface area contributed by atoms with Crippen molar-refractivity contribution in [1.82, 2.24) is 10.3 Å². The number of carbonyl (C=O) groups excluding carboxylic acids is 1. The van der Waals surface area contributed by atoms with E-state index >= 15 is 0 Å². The van der Waals surface area contributed by atoms with Crippen molar-refractivity contribution < 1.29 is 14.4 Å².